The molecule has 20 heavy (non-hydrogen) atoms. The van der Waals surface area contributed by atoms with E-state index in [9.17, 15) is 14.9 Å². The summed E-state index contributed by atoms with van der Waals surface area (Å²) < 4.78 is 0.443. The number of hydrogen-bond donors (Lipinski definition) is 2. The largest absolute Gasteiger partial charge is 0.368 e. The highest BCUT2D eigenvalue weighted by atomic mass is 79.9. The first kappa shape index (κ1) is 14.9. The van der Waals surface area contributed by atoms with Crippen LogP contribution in [0.3, 0.4) is 0 Å². The van der Waals surface area contributed by atoms with Gasteiger partial charge in [0.25, 0.3) is 5.69 Å². The van der Waals surface area contributed by atoms with Gasteiger partial charge >= 0.3 is 0 Å². The Morgan fingerprint density at radius 2 is 2.35 bits per heavy atom. The molecule has 0 aromatic heterocycles. The van der Waals surface area contributed by atoms with Crippen LogP contribution in [0.4, 0.5) is 5.69 Å². The highest BCUT2D eigenvalue weighted by Gasteiger charge is 2.27. The van der Waals surface area contributed by atoms with Crippen LogP contribution < -0.4 is 11.1 Å². The third-order valence-electron chi connectivity index (χ3n) is 3.28. The molecule has 1 fully saturated rings. The van der Waals surface area contributed by atoms with Crippen molar-refractivity contribution in [3.05, 3.63) is 38.3 Å². The second-order valence-corrected chi connectivity index (χ2v) is 5.49. The predicted octanol–water partition coefficient (Wildman–Crippen LogP) is 0.616. The van der Waals surface area contributed by atoms with E-state index in [4.69, 9.17) is 5.73 Å². The zero-order valence-electron chi connectivity index (χ0n) is 10.7. The molecule has 1 aliphatic rings. The molecule has 1 aromatic rings. The first-order valence-electron chi connectivity index (χ1n) is 6.16. The van der Waals surface area contributed by atoms with E-state index in [0.717, 1.165) is 12.1 Å². The van der Waals surface area contributed by atoms with Gasteiger partial charge in [0.2, 0.25) is 5.91 Å². The van der Waals surface area contributed by atoms with Gasteiger partial charge in [-0.05, 0) is 27.6 Å². The number of benzene rings is 1. The van der Waals surface area contributed by atoms with Crippen molar-refractivity contribution < 1.29 is 9.72 Å². The zero-order chi connectivity index (χ0) is 14.7. The van der Waals surface area contributed by atoms with Crippen molar-refractivity contribution in [3.8, 4) is 0 Å². The number of nitrogens with zero attached hydrogens (tertiary/aromatic N) is 2. The molecule has 1 aliphatic heterocycles. The minimum Gasteiger partial charge on any atom is -0.368 e. The van der Waals surface area contributed by atoms with Gasteiger partial charge in [-0.1, -0.05) is 6.07 Å². The molecule has 1 atom stereocenters. The van der Waals surface area contributed by atoms with Crippen molar-refractivity contribution in [1.82, 2.24) is 10.2 Å². The number of rotatable bonds is 4. The van der Waals surface area contributed by atoms with Crippen LogP contribution >= 0.6 is 15.9 Å². The second-order valence-electron chi connectivity index (χ2n) is 4.64. The summed E-state index contributed by atoms with van der Waals surface area (Å²) in [5.41, 5.74) is 6.18. The van der Waals surface area contributed by atoms with Crippen LogP contribution in [0.5, 0.6) is 0 Å². The standard InChI is InChI=1S/C12H15BrN4O3/c13-9-2-1-8(5-10(9)17(19)20)7-16-4-3-15-6-11(16)12(14)18/h1-2,5,11,15H,3-4,6-7H2,(H2,14,18). The fourth-order valence-electron chi connectivity index (χ4n) is 2.25. The van der Waals surface area contributed by atoms with Gasteiger partial charge in [0.1, 0.15) is 6.04 Å². The van der Waals surface area contributed by atoms with Crippen LogP contribution in [0, 0.1) is 10.1 Å². The molecule has 3 N–H and O–H groups in total. The highest BCUT2D eigenvalue weighted by Crippen LogP contribution is 2.26. The number of amides is 1. The Kier molecular flexibility index (Phi) is 4.69. The summed E-state index contributed by atoms with van der Waals surface area (Å²) in [6.45, 7) is 2.41. The number of halogens is 1. The number of carbonyl (C=O) groups excluding carboxylic acids is 1. The number of nitro benzene ring substituents is 1. The summed E-state index contributed by atoms with van der Waals surface area (Å²) >= 11 is 3.15. The van der Waals surface area contributed by atoms with E-state index in [-0.39, 0.29) is 17.6 Å². The number of carbonyl (C=O) groups is 1. The summed E-state index contributed by atoms with van der Waals surface area (Å²) in [6.07, 6.45) is 0. The number of nitro groups is 1. The Balaban J connectivity index is 2.18. The van der Waals surface area contributed by atoms with E-state index >= 15 is 0 Å². The summed E-state index contributed by atoms with van der Waals surface area (Å²) in [4.78, 5) is 23.8. The average Bonchev–Trinajstić information content (AvgIpc) is 2.41. The van der Waals surface area contributed by atoms with Crippen molar-refractivity contribution in [1.29, 1.82) is 0 Å². The molecular formula is C12H15BrN4O3. The first-order chi connectivity index (χ1) is 9.49. The maximum atomic E-state index is 11.4. The van der Waals surface area contributed by atoms with E-state index in [2.05, 4.69) is 21.2 Å². The molecule has 1 saturated heterocycles. The number of piperazine rings is 1. The van der Waals surface area contributed by atoms with Crippen molar-refractivity contribution in [2.24, 2.45) is 5.73 Å². The molecule has 0 aliphatic carbocycles. The summed E-state index contributed by atoms with van der Waals surface area (Å²) in [5.74, 6) is -0.385. The highest BCUT2D eigenvalue weighted by molar-refractivity contribution is 9.10. The van der Waals surface area contributed by atoms with Gasteiger partial charge in [-0.25, -0.2) is 0 Å². The molecule has 1 unspecified atom stereocenters. The lowest BCUT2D eigenvalue weighted by Gasteiger charge is -2.34. The minimum absolute atomic E-state index is 0.0215. The number of primary amides is 1. The molecule has 0 saturated carbocycles. The van der Waals surface area contributed by atoms with E-state index in [1.54, 1.807) is 12.1 Å². The lowest BCUT2D eigenvalue weighted by Crippen LogP contribution is -2.56. The van der Waals surface area contributed by atoms with Crippen LogP contribution in [-0.2, 0) is 11.3 Å². The van der Waals surface area contributed by atoms with Gasteiger partial charge in [0.05, 0.1) is 9.40 Å². The summed E-state index contributed by atoms with van der Waals surface area (Å²) in [6, 6.07) is 4.59. The van der Waals surface area contributed by atoms with Gasteiger partial charge in [-0.15, -0.1) is 0 Å². The van der Waals surface area contributed by atoms with E-state index in [0.29, 0.717) is 24.1 Å². The van der Waals surface area contributed by atoms with Crippen LogP contribution in [0.15, 0.2) is 22.7 Å². The predicted molar refractivity (Wildman–Crippen MR) is 77.1 cm³/mol. The third kappa shape index (κ3) is 3.33. The SMILES string of the molecule is NC(=O)C1CNCCN1Cc1ccc(Br)c([N+](=O)[O-])c1. The molecule has 1 aromatic carbocycles. The molecule has 108 valence electrons. The molecule has 1 heterocycles. The van der Waals surface area contributed by atoms with Gasteiger partial charge in [-0.3, -0.25) is 19.8 Å². The first-order valence-corrected chi connectivity index (χ1v) is 6.95. The fourth-order valence-corrected chi connectivity index (χ4v) is 2.64. The summed E-state index contributed by atoms with van der Waals surface area (Å²) in [5, 5.41) is 14.0. The lowest BCUT2D eigenvalue weighted by molar-refractivity contribution is -0.385. The van der Waals surface area contributed by atoms with Crippen molar-refractivity contribution in [2.75, 3.05) is 19.6 Å². The van der Waals surface area contributed by atoms with Crippen LogP contribution in [0.1, 0.15) is 5.56 Å². The van der Waals surface area contributed by atoms with Gasteiger partial charge in [-0.2, -0.15) is 0 Å². The van der Waals surface area contributed by atoms with Crippen molar-refractivity contribution in [3.63, 3.8) is 0 Å². The van der Waals surface area contributed by atoms with Crippen LogP contribution in [-0.4, -0.2) is 41.4 Å². The smallest absolute Gasteiger partial charge is 0.283 e. The topological polar surface area (TPSA) is 102 Å². The Morgan fingerprint density at radius 1 is 1.60 bits per heavy atom. The molecule has 7 nitrogen and oxygen atoms in total. The molecule has 2 rings (SSSR count). The Morgan fingerprint density at radius 3 is 3.00 bits per heavy atom. The Labute approximate surface area is 124 Å². The Hall–Kier alpha value is -1.51. The molecule has 0 spiro atoms. The van der Waals surface area contributed by atoms with Gasteiger partial charge in [0.15, 0.2) is 0 Å². The Bertz CT molecular complexity index is 537. The number of nitrogens with one attached hydrogen (secondary N) is 1. The third-order valence-corrected chi connectivity index (χ3v) is 3.95. The normalized spacial score (nSPS) is 19.8. The van der Waals surface area contributed by atoms with Crippen LogP contribution in [0.25, 0.3) is 0 Å². The molecule has 1 amide bonds. The van der Waals surface area contributed by atoms with E-state index < -0.39 is 4.92 Å². The summed E-state index contributed by atoms with van der Waals surface area (Å²) in [7, 11) is 0. The molecule has 8 heteroatoms. The quantitative estimate of drug-likeness (QED) is 0.616. The van der Waals surface area contributed by atoms with E-state index in [1.165, 1.54) is 6.07 Å². The maximum absolute atomic E-state index is 11.4. The van der Waals surface area contributed by atoms with E-state index in [1.807, 2.05) is 4.90 Å². The van der Waals surface area contributed by atoms with Crippen molar-refractivity contribution in [2.45, 2.75) is 12.6 Å². The van der Waals surface area contributed by atoms with Crippen LogP contribution in [0.2, 0.25) is 0 Å². The van der Waals surface area contributed by atoms with Gasteiger partial charge < -0.3 is 11.1 Å². The maximum Gasteiger partial charge on any atom is 0.283 e. The monoisotopic (exact) mass is 342 g/mol. The lowest BCUT2D eigenvalue weighted by atomic mass is 10.1. The zero-order valence-corrected chi connectivity index (χ0v) is 12.3. The average molecular weight is 343 g/mol. The molecular weight excluding hydrogens is 328 g/mol. The fraction of sp³-hybridized carbons (Fsp3) is 0.417. The number of hydrogen-bond acceptors (Lipinski definition) is 5. The van der Waals surface area contributed by atoms with Crippen molar-refractivity contribution >= 4 is 27.5 Å². The minimum atomic E-state index is -0.434. The molecule has 0 bridgehead atoms. The molecule has 0 radical (unpaired) electrons. The number of nitrogens with two attached hydrogens (primary N) is 1. The van der Waals surface area contributed by atoms with Gasteiger partial charge in [0, 0.05) is 32.2 Å². The second kappa shape index (κ2) is 6.29.